The molecule has 2 heterocycles. The molecule has 1 aromatic heterocycles. The van der Waals surface area contributed by atoms with Gasteiger partial charge in [0.2, 0.25) is 0 Å². The van der Waals surface area contributed by atoms with Crippen molar-refractivity contribution in [1.29, 1.82) is 0 Å². The van der Waals surface area contributed by atoms with Crippen LogP contribution >= 0.6 is 0 Å². The summed E-state index contributed by atoms with van der Waals surface area (Å²) < 4.78 is 12.1. The molecule has 4 nitrogen and oxygen atoms in total. The lowest BCUT2D eigenvalue weighted by molar-refractivity contribution is 0.195. The van der Waals surface area contributed by atoms with Crippen LogP contribution in [0.2, 0.25) is 0 Å². The Hall–Kier alpha value is -2.46. The number of nitrogens with one attached hydrogen (secondary N) is 1. The molecule has 1 aliphatic carbocycles. The van der Waals surface area contributed by atoms with Gasteiger partial charge in [-0.2, -0.15) is 0 Å². The first kappa shape index (κ1) is 19.5. The van der Waals surface area contributed by atoms with E-state index in [-0.39, 0.29) is 0 Å². The fourth-order valence-electron chi connectivity index (χ4n) is 5.28. The van der Waals surface area contributed by atoms with E-state index in [1.807, 2.05) is 0 Å². The largest absolute Gasteiger partial charge is 0.493 e. The average Bonchev–Trinajstić information content (AvgIpc) is 3.43. The van der Waals surface area contributed by atoms with Crippen molar-refractivity contribution in [1.82, 2.24) is 9.88 Å². The van der Waals surface area contributed by atoms with Crippen LogP contribution in [0.5, 0.6) is 11.5 Å². The van der Waals surface area contributed by atoms with Crippen LogP contribution < -0.4 is 9.47 Å². The Kier molecular flexibility index (Phi) is 5.43. The van der Waals surface area contributed by atoms with Gasteiger partial charge in [0.05, 0.1) is 13.2 Å². The summed E-state index contributed by atoms with van der Waals surface area (Å²) in [5.74, 6) is 1.82. The third kappa shape index (κ3) is 3.69. The van der Waals surface area contributed by atoms with Crippen LogP contribution in [0, 0.1) is 0 Å². The molecule has 5 rings (SSSR count). The second-order valence-corrected chi connectivity index (χ2v) is 8.87. The van der Waals surface area contributed by atoms with E-state index in [0.717, 1.165) is 50.1 Å². The highest BCUT2D eigenvalue weighted by Crippen LogP contribution is 2.41. The number of aromatic nitrogens is 1. The summed E-state index contributed by atoms with van der Waals surface area (Å²) in [5, 5.41) is 1.34. The molecular formula is C26H32N2O2. The molecule has 2 aromatic carbocycles. The van der Waals surface area contributed by atoms with Crippen LogP contribution in [0.4, 0.5) is 0 Å². The number of likely N-dealkylation sites (N-methyl/N-ethyl adjacent to an activating group) is 1. The highest BCUT2D eigenvalue weighted by atomic mass is 16.5. The number of nitrogens with zero attached hydrogens (tertiary/aromatic N) is 1. The Bertz CT molecular complexity index is 1020. The van der Waals surface area contributed by atoms with Gasteiger partial charge in [0.25, 0.3) is 0 Å². The number of hydrogen-bond acceptors (Lipinski definition) is 3. The van der Waals surface area contributed by atoms with Crippen molar-refractivity contribution in [3.05, 3.63) is 59.3 Å². The number of para-hydroxylation sites is 1. The zero-order chi connectivity index (χ0) is 20.5. The molecular weight excluding hydrogens is 372 g/mol. The number of aromatic amines is 1. The molecule has 4 heteroatoms. The molecule has 2 aliphatic rings. The maximum Gasteiger partial charge on any atom is 0.161 e. The number of benzene rings is 2. The molecule has 1 aliphatic heterocycles. The number of hydrogen-bond donors (Lipinski definition) is 1. The molecule has 1 atom stereocenters. The van der Waals surface area contributed by atoms with E-state index in [2.05, 4.69) is 59.5 Å². The van der Waals surface area contributed by atoms with Gasteiger partial charge in [0.15, 0.2) is 11.5 Å². The lowest BCUT2D eigenvalue weighted by atomic mass is 9.88. The van der Waals surface area contributed by atoms with Crippen molar-refractivity contribution in [2.45, 2.75) is 57.1 Å². The standard InChI is InChI=1S/C26H32N2O2/c1-28-14-13-18-15-25(29-2)26(30-20-7-3-4-8-20)16-22(18)24(28)12-11-19-17-27-23-10-6-5-9-21(19)23/h5-6,9-10,15-17,20,24,27H,3-4,7-8,11-14H2,1-2H3/t24-/m0/s1. The zero-order valence-electron chi connectivity index (χ0n) is 18.1. The lowest BCUT2D eigenvalue weighted by Gasteiger charge is -2.35. The summed E-state index contributed by atoms with van der Waals surface area (Å²) in [5.41, 5.74) is 5.45. The molecule has 0 bridgehead atoms. The monoisotopic (exact) mass is 404 g/mol. The third-order valence-electron chi connectivity index (χ3n) is 7.01. The number of aryl methyl sites for hydroxylation is 1. The summed E-state index contributed by atoms with van der Waals surface area (Å²) in [6.45, 7) is 1.08. The van der Waals surface area contributed by atoms with Gasteiger partial charge in [0, 0.05) is 29.7 Å². The number of fused-ring (bicyclic) bond motifs is 2. The molecule has 30 heavy (non-hydrogen) atoms. The van der Waals surface area contributed by atoms with E-state index in [0.29, 0.717) is 12.1 Å². The molecule has 0 radical (unpaired) electrons. The Balaban J connectivity index is 1.42. The van der Waals surface area contributed by atoms with E-state index in [9.17, 15) is 0 Å². The SMILES string of the molecule is COc1cc2c(cc1OC1CCCC1)[C@H](CCc1c[nH]c3ccccc13)N(C)CC2. The van der Waals surface area contributed by atoms with Gasteiger partial charge in [-0.25, -0.2) is 0 Å². The molecule has 1 fully saturated rings. The fourth-order valence-corrected chi connectivity index (χ4v) is 5.28. The highest BCUT2D eigenvalue weighted by molar-refractivity contribution is 5.83. The summed E-state index contributed by atoms with van der Waals surface area (Å²) in [7, 11) is 4.01. The molecule has 1 saturated carbocycles. The van der Waals surface area contributed by atoms with E-state index in [1.54, 1.807) is 7.11 Å². The summed E-state index contributed by atoms with van der Waals surface area (Å²) in [4.78, 5) is 5.92. The van der Waals surface area contributed by atoms with Crippen LogP contribution in [-0.2, 0) is 12.8 Å². The first-order valence-electron chi connectivity index (χ1n) is 11.4. The third-order valence-corrected chi connectivity index (χ3v) is 7.01. The number of rotatable bonds is 6. The highest BCUT2D eigenvalue weighted by Gasteiger charge is 2.28. The molecule has 158 valence electrons. The van der Waals surface area contributed by atoms with Gasteiger partial charge in [-0.3, -0.25) is 4.90 Å². The van der Waals surface area contributed by atoms with E-state index < -0.39 is 0 Å². The Morgan fingerprint density at radius 3 is 2.77 bits per heavy atom. The van der Waals surface area contributed by atoms with Gasteiger partial charge in [-0.15, -0.1) is 0 Å². The summed E-state index contributed by atoms with van der Waals surface area (Å²) in [6.07, 6.45) is 10.6. The van der Waals surface area contributed by atoms with Crippen LogP contribution in [0.1, 0.15) is 54.8 Å². The number of H-pyrrole nitrogens is 1. The Morgan fingerprint density at radius 1 is 1.10 bits per heavy atom. The van der Waals surface area contributed by atoms with Gasteiger partial charge >= 0.3 is 0 Å². The first-order valence-corrected chi connectivity index (χ1v) is 11.4. The van der Waals surface area contributed by atoms with Gasteiger partial charge in [-0.1, -0.05) is 18.2 Å². The maximum absolute atomic E-state index is 6.41. The van der Waals surface area contributed by atoms with Crippen LogP contribution in [-0.4, -0.2) is 36.7 Å². The average molecular weight is 405 g/mol. The number of ether oxygens (including phenoxy) is 2. The zero-order valence-corrected chi connectivity index (χ0v) is 18.1. The van der Waals surface area contributed by atoms with Gasteiger partial charge in [0.1, 0.15) is 0 Å². The minimum Gasteiger partial charge on any atom is -0.493 e. The fraction of sp³-hybridized carbons (Fsp3) is 0.462. The van der Waals surface area contributed by atoms with Crippen LogP contribution in [0.25, 0.3) is 10.9 Å². The molecule has 0 spiro atoms. The van der Waals surface area contributed by atoms with Crippen molar-refractivity contribution >= 4 is 10.9 Å². The van der Waals surface area contributed by atoms with Crippen molar-refractivity contribution < 1.29 is 9.47 Å². The van der Waals surface area contributed by atoms with Gasteiger partial charge in [-0.05, 0) is 86.9 Å². The van der Waals surface area contributed by atoms with Crippen LogP contribution in [0.3, 0.4) is 0 Å². The van der Waals surface area contributed by atoms with E-state index >= 15 is 0 Å². The predicted octanol–water partition coefficient (Wildman–Crippen LogP) is 5.66. The van der Waals surface area contributed by atoms with Crippen molar-refractivity contribution in [2.24, 2.45) is 0 Å². The summed E-state index contributed by atoms with van der Waals surface area (Å²) >= 11 is 0. The second-order valence-electron chi connectivity index (χ2n) is 8.87. The Labute approximate surface area is 179 Å². The molecule has 0 amide bonds. The normalized spacial score (nSPS) is 19.9. The maximum atomic E-state index is 6.41. The minimum absolute atomic E-state index is 0.336. The van der Waals surface area contributed by atoms with Crippen molar-refractivity contribution in [3.63, 3.8) is 0 Å². The summed E-state index contributed by atoms with van der Waals surface area (Å²) in [6, 6.07) is 13.5. The second kappa shape index (κ2) is 8.35. The number of methoxy groups -OCH3 is 1. The quantitative estimate of drug-likeness (QED) is 0.576. The molecule has 1 N–H and O–H groups in total. The topological polar surface area (TPSA) is 37.5 Å². The lowest BCUT2D eigenvalue weighted by Crippen LogP contribution is -2.32. The van der Waals surface area contributed by atoms with Crippen molar-refractivity contribution in [3.8, 4) is 11.5 Å². The van der Waals surface area contributed by atoms with E-state index in [1.165, 1.54) is 40.4 Å². The molecule has 0 unspecified atom stereocenters. The van der Waals surface area contributed by atoms with Crippen LogP contribution in [0.15, 0.2) is 42.6 Å². The Morgan fingerprint density at radius 2 is 1.93 bits per heavy atom. The molecule has 0 saturated heterocycles. The minimum atomic E-state index is 0.336. The van der Waals surface area contributed by atoms with Crippen molar-refractivity contribution in [2.75, 3.05) is 20.7 Å². The van der Waals surface area contributed by atoms with Gasteiger partial charge < -0.3 is 14.5 Å². The van der Waals surface area contributed by atoms with E-state index in [4.69, 9.17) is 9.47 Å². The predicted molar refractivity (Wildman–Crippen MR) is 122 cm³/mol. The first-order chi connectivity index (χ1) is 14.7. The smallest absolute Gasteiger partial charge is 0.161 e. The molecule has 3 aromatic rings.